The van der Waals surface area contributed by atoms with Crippen LogP contribution in [-0.2, 0) is 22.4 Å². The van der Waals surface area contributed by atoms with Crippen LogP contribution in [0.2, 0.25) is 0 Å². The maximum atomic E-state index is 11.6. The summed E-state index contributed by atoms with van der Waals surface area (Å²) in [7, 11) is 3.25. The minimum atomic E-state index is -0.203. The van der Waals surface area contributed by atoms with Gasteiger partial charge in [-0.3, -0.25) is 4.79 Å². The lowest BCUT2D eigenvalue weighted by atomic mass is 10.0. The monoisotopic (exact) mass is 276 g/mol. The van der Waals surface area contributed by atoms with Crippen LogP contribution < -0.4 is 5.32 Å². The van der Waals surface area contributed by atoms with Gasteiger partial charge in [0.1, 0.15) is 6.04 Å². The number of fused-ring (bicyclic) bond motifs is 1. The number of likely N-dealkylation sites (N-methyl/N-ethyl adjacent to an activating group) is 1. The lowest BCUT2D eigenvalue weighted by Crippen LogP contribution is -2.39. The predicted molar refractivity (Wildman–Crippen MR) is 79.8 cm³/mol. The number of nitrogens with zero attached hydrogens (tertiary/aromatic N) is 1. The number of ether oxygens (including phenoxy) is 1. The second-order valence-electron chi connectivity index (χ2n) is 5.26. The van der Waals surface area contributed by atoms with E-state index in [4.69, 9.17) is 4.74 Å². The number of methoxy groups -OCH3 is 1. The molecule has 1 N–H and O–H groups in total. The van der Waals surface area contributed by atoms with Crippen LogP contribution >= 0.6 is 0 Å². The van der Waals surface area contributed by atoms with E-state index in [1.807, 2.05) is 0 Å². The van der Waals surface area contributed by atoms with Crippen molar-refractivity contribution >= 4 is 5.97 Å². The zero-order chi connectivity index (χ0) is 14.4. The van der Waals surface area contributed by atoms with E-state index in [0.29, 0.717) is 0 Å². The zero-order valence-corrected chi connectivity index (χ0v) is 12.4. The van der Waals surface area contributed by atoms with E-state index in [1.165, 1.54) is 18.2 Å². The van der Waals surface area contributed by atoms with Gasteiger partial charge in [-0.05, 0) is 37.4 Å². The third-order valence-corrected chi connectivity index (χ3v) is 4.08. The molecule has 0 aliphatic carbocycles. The van der Waals surface area contributed by atoms with Crippen molar-refractivity contribution in [2.45, 2.75) is 25.3 Å². The van der Waals surface area contributed by atoms with Crippen molar-refractivity contribution in [2.24, 2.45) is 0 Å². The standard InChI is InChI=1S/C16H24N2O2/c1-17-15(16(19)20-2)9-12-18-10-7-13-5-3-4-6-14(13)8-11-18/h3-6,15,17H,7-12H2,1-2H3. The molecule has 20 heavy (non-hydrogen) atoms. The summed E-state index contributed by atoms with van der Waals surface area (Å²) in [5.41, 5.74) is 2.93. The van der Waals surface area contributed by atoms with Crippen molar-refractivity contribution in [3.63, 3.8) is 0 Å². The SMILES string of the molecule is CNC(CCN1CCc2ccccc2CC1)C(=O)OC. The van der Waals surface area contributed by atoms with Gasteiger partial charge in [0.15, 0.2) is 0 Å². The topological polar surface area (TPSA) is 41.6 Å². The van der Waals surface area contributed by atoms with E-state index in [1.54, 1.807) is 7.05 Å². The molecule has 0 saturated carbocycles. The Labute approximate surface area is 121 Å². The molecule has 4 heteroatoms. The summed E-state index contributed by atoms with van der Waals surface area (Å²) in [6.45, 7) is 3.05. The molecule has 0 fully saturated rings. The third kappa shape index (κ3) is 3.81. The molecular weight excluding hydrogens is 252 g/mol. The van der Waals surface area contributed by atoms with Crippen molar-refractivity contribution < 1.29 is 9.53 Å². The fraction of sp³-hybridized carbons (Fsp3) is 0.562. The Kier molecular flexibility index (Phi) is 5.56. The van der Waals surface area contributed by atoms with Gasteiger partial charge in [-0.15, -0.1) is 0 Å². The molecule has 0 saturated heterocycles. The number of carbonyl (C=O) groups excluding carboxylic acids is 1. The fourth-order valence-electron chi connectivity index (χ4n) is 2.77. The highest BCUT2D eigenvalue weighted by Gasteiger charge is 2.19. The highest BCUT2D eigenvalue weighted by Crippen LogP contribution is 2.15. The minimum absolute atomic E-state index is 0.175. The average molecular weight is 276 g/mol. The molecule has 1 heterocycles. The number of nitrogens with one attached hydrogen (secondary N) is 1. The third-order valence-electron chi connectivity index (χ3n) is 4.08. The van der Waals surface area contributed by atoms with Gasteiger partial charge in [0.25, 0.3) is 0 Å². The Bertz CT molecular complexity index is 421. The normalized spacial score (nSPS) is 17.1. The van der Waals surface area contributed by atoms with Crippen LogP contribution in [0.5, 0.6) is 0 Å². The maximum absolute atomic E-state index is 11.6. The van der Waals surface area contributed by atoms with E-state index in [2.05, 4.69) is 34.5 Å². The molecule has 0 radical (unpaired) electrons. The van der Waals surface area contributed by atoms with Crippen molar-refractivity contribution in [1.29, 1.82) is 0 Å². The van der Waals surface area contributed by atoms with Crippen molar-refractivity contribution in [1.82, 2.24) is 10.2 Å². The summed E-state index contributed by atoms with van der Waals surface area (Å²) < 4.78 is 4.80. The van der Waals surface area contributed by atoms with E-state index in [9.17, 15) is 4.79 Å². The van der Waals surface area contributed by atoms with Gasteiger partial charge >= 0.3 is 5.97 Å². The number of carbonyl (C=O) groups is 1. The molecule has 0 amide bonds. The number of esters is 1. The smallest absolute Gasteiger partial charge is 0.322 e. The average Bonchev–Trinajstić information content (AvgIpc) is 2.70. The Hall–Kier alpha value is -1.39. The first kappa shape index (κ1) is 15.0. The summed E-state index contributed by atoms with van der Waals surface area (Å²) in [6, 6.07) is 8.48. The largest absolute Gasteiger partial charge is 0.468 e. The molecule has 0 spiro atoms. The number of rotatable bonds is 5. The van der Waals surface area contributed by atoms with Gasteiger partial charge in [-0.2, -0.15) is 0 Å². The lowest BCUT2D eigenvalue weighted by molar-refractivity contribution is -0.143. The first-order chi connectivity index (χ1) is 9.74. The van der Waals surface area contributed by atoms with Gasteiger partial charge in [0.05, 0.1) is 7.11 Å². The molecule has 0 bridgehead atoms. The van der Waals surface area contributed by atoms with Crippen LogP contribution in [0.4, 0.5) is 0 Å². The summed E-state index contributed by atoms with van der Waals surface area (Å²) in [5.74, 6) is -0.175. The summed E-state index contributed by atoms with van der Waals surface area (Å²) in [6.07, 6.45) is 2.98. The molecule has 1 aromatic rings. The number of hydrogen-bond acceptors (Lipinski definition) is 4. The molecule has 1 unspecified atom stereocenters. The maximum Gasteiger partial charge on any atom is 0.322 e. The van der Waals surface area contributed by atoms with Gasteiger partial charge < -0.3 is 15.0 Å². The zero-order valence-electron chi connectivity index (χ0n) is 12.4. The Morgan fingerprint density at radius 2 is 1.90 bits per heavy atom. The van der Waals surface area contributed by atoms with Gasteiger partial charge in [-0.25, -0.2) is 0 Å². The van der Waals surface area contributed by atoms with Gasteiger partial charge in [-0.1, -0.05) is 24.3 Å². The van der Waals surface area contributed by atoms with Gasteiger partial charge in [0, 0.05) is 19.6 Å². The molecule has 4 nitrogen and oxygen atoms in total. The van der Waals surface area contributed by atoms with E-state index >= 15 is 0 Å². The second-order valence-corrected chi connectivity index (χ2v) is 5.26. The number of benzene rings is 1. The molecule has 1 aliphatic rings. The van der Waals surface area contributed by atoms with Gasteiger partial charge in [0.2, 0.25) is 0 Å². The van der Waals surface area contributed by atoms with Crippen LogP contribution in [0.1, 0.15) is 17.5 Å². The fourth-order valence-corrected chi connectivity index (χ4v) is 2.77. The molecule has 1 aromatic carbocycles. The highest BCUT2D eigenvalue weighted by atomic mass is 16.5. The predicted octanol–water partition coefficient (Wildman–Crippen LogP) is 1.24. The number of hydrogen-bond donors (Lipinski definition) is 1. The van der Waals surface area contributed by atoms with Crippen LogP contribution in [0.25, 0.3) is 0 Å². The Morgan fingerprint density at radius 3 is 2.40 bits per heavy atom. The summed E-state index contributed by atoms with van der Waals surface area (Å²) in [4.78, 5) is 14.0. The van der Waals surface area contributed by atoms with Crippen molar-refractivity contribution in [3.05, 3.63) is 35.4 Å². The highest BCUT2D eigenvalue weighted by molar-refractivity contribution is 5.75. The van der Waals surface area contributed by atoms with Crippen LogP contribution in [0, 0.1) is 0 Å². The molecule has 110 valence electrons. The van der Waals surface area contributed by atoms with Crippen LogP contribution in [0.3, 0.4) is 0 Å². The molecule has 1 atom stereocenters. The molecule has 0 aromatic heterocycles. The Balaban J connectivity index is 1.85. The van der Waals surface area contributed by atoms with E-state index in [-0.39, 0.29) is 12.0 Å². The van der Waals surface area contributed by atoms with Crippen molar-refractivity contribution in [2.75, 3.05) is 33.8 Å². The van der Waals surface area contributed by atoms with E-state index < -0.39 is 0 Å². The molecule has 1 aliphatic heterocycles. The first-order valence-electron chi connectivity index (χ1n) is 7.29. The van der Waals surface area contributed by atoms with E-state index in [0.717, 1.165) is 38.9 Å². The quantitative estimate of drug-likeness (QED) is 0.822. The second kappa shape index (κ2) is 7.41. The minimum Gasteiger partial charge on any atom is -0.468 e. The molecule has 2 rings (SSSR count). The molecular formula is C16H24N2O2. The Morgan fingerprint density at radius 1 is 1.30 bits per heavy atom. The van der Waals surface area contributed by atoms with Crippen LogP contribution in [-0.4, -0.2) is 50.7 Å². The van der Waals surface area contributed by atoms with Crippen molar-refractivity contribution in [3.8, 4) is 0 Å². The first-order valence-corrected chi connectivity index (χ1v) is 7.29. The summed E-state index contributed by atoms with van der Waals surface area (Å²) in [5, 5.41) is 3.02. The summed E-state index contributed by atoms with van der Waals surface area (Å²) >= 11 is 0. The lowest BCUT2D eigenvalue weighted by Gasteiger charge is -2.22. The van der Waals surface area contributed by atoms with Crippen LogP contribution in [0.15, 0.2) is 24.3 Å².